The molecule has 0 radical (unpaired) electrons. The zero-order valence-corrected chi connectivity index (χ0v) is 19.4. The Kier molecular flexibility index (Phi) is 4.82. The van der Waals surface area contributed by atoms with Crippen LogP contribution in [0.1, 0.15) is 40.2 Å². The van der Waals surface area contributed by atoms with Gasteiger partial charge in [0.15, 0.2) is 5.58 Å². The number of nitrogens with one attached hydrogen (secondary N) is 1. The van der Waals surface area contributed by atoms with Gasteiger partial charge in [0.1, 0.15) is 5.58 Å². The number of H-pyrrole nitrogens is 1. The van der Waals surface area contributed by atoms with E-state index in [1.54, 1.807) is 0 Å². The molecule has 2 heteroatoms. The first kappa shape index (κ1) is 20.4. The van der Waals surface area contributed by atoms with E-state index in [2.05, 4.69) is 92.5 Å². The second-order valence-corrected chi connectivity index (χ2v) is 9.40. The molecule has 32 heavy (non-hydrogen) atoms. The number of aromatic nitrogens is 1. The van der Waals surface area contributed by atoms with Crippen LogP contribution in [0, 0.1) is 0 Å². The van der Waals surface area contributed by atoms with Gasteiger partial charge in [-0.3, -0.25) is 0 Å². The fourth-order valence-electron chi connectivity index (χ4n) is 4.50. The number of hydrogen-bond acceptors (Lipinski definition) is 1. The summed E-state index contributed by atoms with van der Waals surface area (Å²) in [6.07, 6.45) is 4.00. The number of allylic oxidation sites excluding steroid dienone is 2. The third-order valence-corrected chi connectivity index (χ3v) is 6.30. The van der Waals surface area contributed by atoms with E-state index in [-0.39, 0.29) is 5.41 Å². The number of benzene rings is 4. The van der Waals surface area contributed by atoms with Gasteiger partial charge in [-0.15, -0.1) is 0 Å². The van der Waals surface area contributed by atoms with E-state index in [0.717, 1.165) is 27.6 Å². The van der Waals surface area contributed by atoms with Crippen LogP contribution in [0.2, 0.25) is 0 Å². The topological polar surface area (TPSA) is 28.9 Å². The Morgan fingerprint density at radius 3 is 1.91 bits per heavy atom. The molecule has 0 aliphatic carbocycles. The Bertz CT molecular complexity index is 1620. The molecule has 0 spiro atoms. The highest BCUT2D eigenvalue weighted by Gasteiger charge is 2.20. The van der Waals surface area contributed by atoms with Crippen molar-refractivity contribution in [2.45, 2.75) is 40.0 Å². The minimum atomic E-state index is 0.100. The lowest BCUT2D eigenvalue weighted by Gasteiger charge is -2.18. The quantitative estimate of drug-likeness (QED) is 0.193. The number of hydrogen-bond donors (Lipinski definition) is 1. The average Bonchev–Trinajstić information content (AvgIpc) is 3.35. The first-order valence-electron chi connectivity index (χ1n) is 11.3. The highest BCUT2D eigenvalue weighted by Crippen LogP contribution is 2.42. The van der Waals surface area contributed by atoms with Crippen LogP contribution in [0.25, 0.3) is 54.5 Å². The van der Waals surface area contributed by atoms with Crippen LogP contribution in [-0.4, -0.2) is 4.98 Å². The maximum absolute atomic E-state index is 6.40. The van der Waals surface area contributed by atoms with Gasteiger partial charge in [-0.1, -0.05) is 87.5 Å². The van der Waals surface area contributed by atoms with E-state index in [0.29, 0.717) is 0 Å². The minimum Gasteiger partial charge on any atom is -0.454 e. The molecule has 0 aliphatic rings. The molecule has 0 saturated heterocycles. The fraction of sp³-hybridized carbons (Fsp3) is 0.200. The Balaban J connectivity index is 0.000000501. The Labute approximate surface area is 188 Å². The van der Waals surface area contributed by atoms with Crippen LogP contribution < -0.4 is 0 Å². The molecule has 0 bridgehead atoms. The molecule has 2 nitrogen and oxygen atoms in total. The van der Waals surface area contributed by atoms with Gasteiger partial charge < -0.3 is 9.40 Å². The van der Waals surface area contributed by atoms with Crippen LogP contribution in [0.5, 0.6) is 0 Å². The average molecular weight is 420 g/mol. The molecule has 160 valence electrons. The summed E-state index contributed by atoms with van der Waals surface area (Å²) in [6, 6.07) is 23.8. The summed E-state index contributed by atoms with van der Waals surface area (Å²) < 4.78 is 6.40. The van der Waals surface area contributed by atoms with Gasteiger partial charge in [0.05, 0.1) is 16.4 Å². The SMILES string of the molecule is C/C=C\C.CC(C)(C)c1ccc2oc3c([nH]c4c5ccccc5c5ccccc5c43)c2c1. The normalized spacial score (nSPS) is 12.4. The zero-order chi connectivity index (χ0) is 22.5. The van der Waals surface area contributed by atoms with E-state index in [1.165, 1.54) is 32.5 Å². The maximum Gasteiger partial charge on any atom is 0.161 e. The van der Waals surface area contributed by atoms with Crippen LogP contribution in [0.15, 0.2) is 83.3 Å². The second-order valence-electron chi connectivity index (χ2n) is 9.40. The summed E-state index contributed by atoms with van der Waals surface area (Å²) in [4.78, 5) is 3.72. The molecule has 6 rings (SSSR count). The van der Waals surface area contributed by atoms with Gasteiger partial charge in [0, 0.05) is 10.8 Å². The maximum atomic E-state index is 6.40. The monoisotopic (exact) mass is 419 g/mol. The van der Waals surface area contributed by atoms with Gasteiger partial charge in [0.2, 0.25) is 0 Å². The van der Waals surface area contributed by atoms with E-state index >= 15 is 0 Å². The van der Waals surface area contributed by atoms with Gasteiger partial charge in [-0.25, -0.2) is 0 Å². The zero-order valence-electron chi connectivity index (χ0n) is 19.4. The molecule has 2 aromatic heterocycles. The predicted octanol–water partition coefficient (Wildman–Crippen LogP) is 9.25. The van der Waals surface area contributed by atoms with Gasteiger partial charge in [-0.05, 0) is 53.1 Å². The van der Waals surface area contributed by atoms with Crippen molar-refractivity contribution in [3.8, 4) is 0 Å². The van der Waals surface area contributed by atoms with E-state index in [9.17, 15) is 0 Å². The Morgan fingerprint density at radius 2 is 1.28 bits per heavy atom. The minimum absolute atomic E-state index is 0.100. The first-order chi connectivity index (χ1) is 15.4. The van der Waals surface area contributed by atoms with Crippen molar-refractivity contribution in [3.63, 3.8) is 0 Å². The number of aromatic amines is 1. The summed E-state index contributed by atoms with van der Waals surface area (Å²) >= 11 is 0. The van der Waals surface area contributed by atoms with Crippen LogP contribution in [-0.2, 0) is 5.41 Å². The molecule has 0 unspecified atom stereocenters. The fourth-order valence-corrected chi connectivity index (χ4v) is 4.50. The molecule has 0 atom stereocenters. The molecule has 0 saturated carbocycles. The van der Waals surface area contributed by atoms with Crippen LogP contribution in [0.4, 0.5) is 0 Å². The van der Waals surface area contributed by atoms with E-state index < -0.39 is 0 Å². The predicted molar refractivity (Wildman–Crippen MR) is 140 cm³/mol. The lowest BCUT2D eigenvalue weighted by Crippen LogP contribution is -2.10. The molecular formula is C30H29NO. The van der Waals surface area contributed by atoms with Crippen molar-refractivity contribution in [2.24, 2.45) is 0 Å². The molecular weight excluding hydrogens is 390 g/mol. The highest BCUT2D eigenvalue weighted by atomic mass is 16.3. The summed E-state index contributed by atoms with van der Waals surface area (Å²) in [5.74, 6) is 0. The second kappa shape index (κ2) is 7.56. The van der Waals surface area contributed by atoms with E-state index in [4.69, 9.17) is 4.42 Å². The molecule has 0 aliphatic heterocycles. The smallest absolute Gasteiger partial charge is 0.161 e. The first-order valence-corrected chi connectivity index (χ1v) is 11.3. The molecule has 1 N–H and O–H groups in total. The van der Waals surface area contributed by atoms with Crippen molar-refractivity contribution < 1.29 is 4.42 Å². The highest BCUT2D eigenvalue weighted by molar-refractivity contribution is 6.32. The Morgan fingerprint density at radius 1 is 0.688 bits per heavy atom. The van der Waals surface area contributed by atoms with Crippen molar-refractivity contribution in [1.82, 2.24) is 4.98 Å². The lowest BCUT2D eigenvalue weighted by atomic mass is 9.86. The van der Waals surface area contributed by atoms with Crippen molar-refractivity contribution >= 4 is 54.5 Å². The van der Waals surface area contributed by atoms with Gasteiger partial charge >= 0.3 is 0 Å². The standard InChI is InChI=1S/C26H21NO.C4H8/c1-26(2,3)15-12-13-21-20(14-15)24-25(28-21)22-18-10-6-4-8-16(18)17-9-5-7-11-19(17)23(22)27-24;1-3-4-2/h4-14,27H,1-3H3;3-4H,1-2H3/b;4-3-. The summed E-state index contributed by atoms with van der Waals surface area (Å²) in [6.45, 7) is 10.7. The van der Waals surface area contributed by atoms with Crippen LogP contribution >= 0.6 is 0 Å². The third-order valence-electron chi connectivity index (χ3n) is 6.30. The number of rotatable bonds is 0. The van der Waals surface area contributed by atoms with Crippen LogP contribution in [0.3, 0.4) is 0 Å². The molecule has 2 heterocycles. The summed E-state index contributed by atoms with van der Waals surface area (Å²) in [5, 5.41) is 7.35. The third kappa shape index (κ3) is 3.10. The lowest BCUT2D eigenvalue weighted by molar-refractivity contribution is 0.590. The summed E-state index contributed by atoms with van der Waals surface area (Å²) in [7, 11) is 0. The number of fused-ring (bicyclic) bond motifs is 10. The van der Waals surface area contributed by atoms with E-state index in [1.807, 2.05) is 26.0 Å². The molecule has 0 amide bonds. The number of furan rings is 1. The Hall–Kier alpha value is -3.52. The van der Waals surface area contributed by atoms with Gasteiger partial charge in [0.25, 0.3) is 0 Å². The molecule has 6 aromatic rings. The molecule has 0 fully saturated rings. The summed E-state index contributed by atoms with van der Waals surface area (Å²) in [5.41, 5.74) is 5.56. The van der Waals surface area contributed by atoms with Gasteiger partial charge in [-0.2, -0.15) is 0 Å². The van der Waals surface area contributed by atoms with Crippen molar-refractivity contribution in [1.29, 1.82) is 0 Å². The molecule has 4 aromatic carbocycles. The largest absolute Gasteiger partial charge is 0.454 e. The van der Waals surface area contributed by atoms with Crippen molar-refractivity contribution in [3.05, 3.63) is 84.4 Å². The van der Waals surface area contributed by atoms with Crippen molar-refractivity contribution in [2.75, 3.05) is 0 Å².